The molecule has 2 unspecified atom stereocenters. The molecule has 1 heterocycles. The van der Waals surface area contributed by atoms with E-state index in [-0.39, 0.29) is 17.5 Å². The van der Waals surface area contributed by atoms with Gasteiger partial charge < -0.3 is 14.6 Å². The number of benzene rings is 2. The topological polar surface area (TPSA) is 96.4 Å². The third kappa shape index (κ3) is 5.65. The molecule has 0 saturated carbocycles. The zero-order chi connectivity index (χ0) is 23.5. The van der Waals surface area contributed by atoms with Gasteiger partial charge in [-0.15, -0.1) is 0 Å². The first-order chi connectivity index (χ1) is 15.1. The predicted molar refractivity (Wildman–Crippen MR) is 122 cm³/mol. The molecule has 2 atom stereocenters. The number of piperazine rings is 1. The van der Waals surface area contributed by atoms with Gasteiger partial charge in [-0.25, -0.2) is 13.2 Å². The molecule has 1 amide bonds. The maximum absolute atomic E-state index is 11.8. The zero-order valence-electron chi connectivity index (χ0n) is 18.2. The highest BCUT2D eigenvalue weighted by atomic mass is 35.5. The highest BCUT2D eigenvalue weighted by Gasteiger charge is 2.34. The van der Waals surface area contributed by atoms with Gasteiger partial charge in [-0.3, -0.25) is 9.80 Å². The molecule has 0 aromatic heterocycles. The summed E-state index contributed by atoms with van der Waals surface area (Å²) in [7, 11) is -1.69. The second kappa shape index (κ2) is 9.97. The molecule has 1 aliphatic rings. The molecule has 10 heteroatoms. The van der Waals surface area contributed by atoms with E-state index in [2.05, 4.69) is 4.90 Å². The number of rotatable bonds is 7. The fourth-order valence-electron chi connectivity index (χ4n) is 3.83. The van der Waals surface area contributed by atoms with Crippen molar-refractivity contribution in [1.82, 2.24) is 9.80 Å². The lowest BCUT2D eigenvalue weighted by Crippen LogP contribution is -2.57. The van der Waals surface area contributed by atoms with Gasteiger partial charge >= 0.3 is 6.09 Å². The summed E-state index contributed by atoms with van der Waals surface area (Å²) in [6.45, 7) is 3.53. The van der Waals surface area contributed by atoms with Gasteiger partial charge in [0.1, 0.15) is 18.1 Å². The fraction of sp³-hybridized carbons (Fsp3) is 0.409. The zero-order valence-corrected chi connectivity index (χ0v) is 19.8. The van der Waals surface area contributed by atoms with Crippen LogP contribution in [-0.2, 0) is 9.84 Å². The van der Waals surface area contributed by atoms with Crippen LogP contribution in [0.1, 0.15) is 18.5 Å². The molecular weight excluding hydrogens is 456 g/mol. The smallest absolute Gasteiger partial charge is 0.407 e. The van der Waals surface area contributed by atoms with E-state index in [9.17, 15) is 18.3 Å². The van der Waals surface area contributed by atoms with E-state index in [0.29, 0.717) is 30.4 Å². The summed E-state index contributed by atoms with van der Waals surface area (Å²) in [5, 5.41) is 10.2. The van der Waals surface area contributed by atoms with Gasteiger partial charge in [0.05, 0.1) is 18.0 Å². The second-order valence-electron chi connectivity index (χ2n) is 7.74. The van der Waals surface area contributed by atoms with Gasteiger partial charge in [0, 0.05) is 42.5 Å². The summed E-state index contributed by atoms with van der Waals surface area (Å²) in [6, 6.07) is 11.1. The normalized spacial score (nSPS) is 18.2. The standard InChI is InChI=1S/C22H27ClN2O6S/c1-15(20-12-16(23)4-9-21(20)30-2)24-10-11-25(22(26)27)17(13-24)14-31-18-5-7-19(8-6-18)32(3,28)29/h4-9,12,15,17H,10-11,13-14H2,1-3H3,(H,26,27). The minimum atomic E-state index is -3.29. The lowest BCUT2D eigenvalue weighted by Gasteiger charge is -2.42. The maximum Gasteiger partial charge on any atom is 0.407 e. The average molecular weight is 483 g/mol. The summed E-state index contributed by atoms with van der Waals surface area (Å²) >= 11 is 6.19. The number of hydrogen-bond donors (Lipinski definition) is 1. The van der Waals surface area contributed by atoms with Gasteiger partial charge in [-0.05, 0) is 49.4 Å². The summed E-state index contributed by atoms with van der Waals surface area (Å²) in [6.07, 6.45) is 0.138. The van der Waals surface area contributed by atoms with Gasteiger partial charge in [-0.2, -0.15) is 0 Å². The van der Waals surface area contributed by atoms with Crippen LogP contribution in [0.3, 0.4) is 0 Å². The first-order valence-electron chi connectivity index (χ1n) is 10.1. The SMILES string of the molecule is COc1ccc(Cl)cc1C(C)N1CCN(C(=O)O)C(COc2ccc(S(C)(=O)=O)cc2)C1. The second-order valence-corrected chi connectivity index (χ2v) is 10.2. The summed E-state index contributed by atoms with van der Waals surface area (Å²) in [5.74, 6) is 1.20. The van der Waals surface area contributed by atoms with Crippen LogP contribution in [-0.4, -0.2) is 75.1 Å². The van der Waals surface area contributed by atoms with Gasteiger partial charge in [0.2, 0.25) is 0 Å². The van der Waals surface area contributed by atoms with E-state index in [1.807, 2.05) is 19.1 Å². The van der Waals surface area contributed by atoms with Crippen molar-refractivity contribution < 1.29 is 27.8 Å². The summed E-state index contributed by atoms with van der Waals surface area (Å²) in [4.78, 5) is 15.5. The monoisotopic (exact) mass is 482 g/mol. The number of nitrogens with zero attached hydrogens (tertiary/aromatic N) is 2. The molecule has 1 N–H and O–H groups in total. The minimum absolute atomic E-state index is 0.0452. The van der Waals surface area contributed by atoms with Crippen molar-refractivity contribution in [1.29, 1.82) is 0 Å². The van der Waals surface area contributed by atoms with E-state index in [1.165, 1.54) is 17.0 Å². The molecule has 32 heavy (non-hydrogen) atoms. The lowest BCUT2D eigenvalue weighted by molar-refractivity contribution is 0.0316. The Morgan fingerprint density at radius 1 is 1.22 bits per heavy atom. The van der Waals surface area contributed by atoms with Crippen molar-refractivity contribution in [3.63, 3.8) is 0 Å². The van der Waals surface area contributed by atoms with Crippen molar-refractivity contribution in [3.05, 3.63) is 53.1 Å². The van der Waals surface area contributed by atoms with Crippen molar-refractivity contribution in [2.24, 2.45) is 0 Å². The molecule has 0 aliphatic carbocycles. The van der Waals surface area contributed by atoms with Crippen LogP contribution in [0, 0.1) is 0 Å². The van der Waals surface area contributed by atoms with E-state index >= 15 is 0 Å². The number of amides is 1. The molecule has 174 valence electrons. The summed E-state index contributed by atoms with van der Waals surface area (Å²) < 4.78 is 34.5. The van der Waals surface area contributed by atoms with Crippen LogP contribution in [0.4, 0.5) is 4.79 Å². The van der Waals surface area contributed by atoms with E-state index < -0.39 is 22.0 Å². The molecule has 3 rings (SSSR count). The predicted octanol–water partition coefficient (Wildman–Crippen LogP) is 3.56. The molecule has 1 fully saturated rings. The van der Waals surface area contributed by atoms with Crippen LogP contribution >= 0.6 is 11.6 Å². The van der Waals surface area contributed by atoms with E-state index in [0.717, 1.165) is 17.6 Å². The largest absolute Gasteiger partial charge is 0.496 e. The Morgan fingerprint density at radius 3 is 2.50 bits per heavy atom. The van der Waals surface area contributed by atoms with Crippen LogP contribution in [0.15, 0.2) is 47.4 Å². The molecule has 0 bridgehead atoms. The van der Waals surface area contributed by atoms with E-state index in [4.69, 9.17) is 21.1 Å². The maximum atomic E-state index is 11.8. The molecule has 8 nitrogen and oxygen atoms in total. The quantitative estimate of drug-likeness (QED) is 0.644. The first kappa shape index (κ1) is 24.2. The summed E-state index contributed by atoms with van der Waals surface area (Å²) in [5.41, 5.74) is 0.930. The number of halogens is 1. The highest BCUT2D eigenvalue weighted by molar-refractivity contribution is 7.90. The number of carbonyl (C=O) groups is 1. The van der Waals surface area contributed by atoms with Crippen molar-refractivity contribution in [2.75, 3.05) is 39.6 Å². The number of methoxy groups -OCH3 is 1. The Kier molecular flexibility index (Phi) is 7.53. The Balaban J connectivity index is 1.73. The lowest BCUT2D eigenvalue weighted by atomic mass is 10.0. The third-order valence-electron chi connectivity index (χ3n) is 5.64. The van der Waals surface area contributed by atoms with Crippen molar-refractivity contribution >= 4 is 27.5 Å². The van der Waals surface area contributed by atoms with Crippen LogP contribution in [0.25, 0.3) is 0 Å². The fourth-order valence-corrected chi connectivity index (χ4v) is 4.64. The molecular formula is C22H27ClN2O6S. The minimum Gasteiger partial charge on any atom is -0.496 e. The van der Waals surface area contributed by atoms with Gasteiger partial charge in [0.25, 0.3) is 0 Å². The molecule has 2 aromatic carbocycles. The van der Waals surface area contributed by atoms with Crippen LogP contribution < -0.4 is 9.47 Å². The van der Waals surface area contributed by atoms with Crippen LogP contribution in [0.2, 0.25) is 5.02 Å². The number of carboxylic acid groups (broad SMARTS) is 1. The molecule has 2 aromatic rings. The molecule has 0 spiro atoms. The first-order valence-corrected chi connectivity index (χ1v) is 12.4. The van der Waals surface area contributed by atoms with Gasteiger partial charge in [0.15, 0.2) is 9.84 Å². The Hall–Kier alpha value is -2.49. The molecule has 1 aliphatic heterocycles. The van der Waals surface area contributed by atoms with Crippen molar-refractivity contribution in [3.8, 4) is 11.5 Å². The van der Waals surface area contributed by atoms with E-state index in [1.54, 1.807) is 25.3 Å². The number of sulfone groups is 1. The third-order valence-corrected chi connectivity index (χ3v) is 7.01. The molecule has 0 radical (unpaired) electrons. The van der Waals surface area contributed by atoms with Crippen molar-refractivity contribution in [2.45, 2.75) is 23.9 Å². The average Bonchev–Trinajstić information content (AvgIpc) is 2.76. The molecule has 1 saturated heterocycles. The van der Waals surface area contributed by atoms with Crippen LogP contribution in [0.5, 0.6) is 11.5 Å². The Bertz CT molecular complexity index is 1060. The highest BCUT2D eigenvalue weighted by Crippen LogP contribution is 2.33. The Labute approximate surface area is 193 Å². The number of ether oxygens (including phenoxy) is 2. The number of hydrogen-bond acceptors (Lipinski definition) is 6. The Morgan fingerprint density at radius 2 is 1.91 bits per heavy atom. The van der Waals surface area contributed by atoms with Gasteiger partial charge in [-0.1, -0.05) is 11.6 Å².